The first kappa shape index (κ1) is 18.6. The van der Waals surface area contributed by atoms with Crippen molar-refractivity contribution in [3.8, 4) is 0 Å². The minimum absolute atomic E-state index is 0.0474. The third-order valence-electron chi connectivity index (χ3n) is 6.59. The highest BCUT2D eigenvalue weighted by Gasteiger charge is 2.57. The van der Waals surface area contributed by atoms with Crippen molar-refractivity contribution >= 4 is 28.5 Å². The number of benzene rings is 1. The predicted molar refractivity (Wildman–Crippen MR) is 112 cm³/mol. The van der Waals surface area contributed by atoms with Gasteiger partial charge >= 0.3 is 0 Å². The molecule has 6 rings (SSSR count). The molecule has 1 aliphatic carbocycles. The second kappa shape index (κ2) is 6.40. The summed E-state index contributed by atoms with van der Waals surface area (Å²) in [4.78, 5) is 8.61. The highest BCUT2D eigenvalue weighted by atomic mass is 35.5. The standard InChI is InChI=1S/C22H23ClN4O3/c1-22(2)29-18-15(17-13-4-3-12(23)7-11(13)9-28-17)8-16(19(18)30-22)27-6-5-14-20(24)25-10-26-21(14)27/h3-7,10,15-19H,8-9H2,1-2H3,(H2,24,25,26)/t15-,16?,17-,18-,19+/m1/s1. The molecule has 2 fully saturated rings. The second-order valence-electron chi connectivity index (χ2n) is 8.83. The molecule has 0 bridgehead atoms. The molecule has 5 atom stereocenters. The van der Waals surface area contributed by atoms with E-state index in [4.69, 9.17) is 31.5 Å². The number of halogens is 1. The minimum atomic E-state index is -0.648. The Morgan fingerprint density at radius 2 is 2.00 bits per heavy atom. The zero-order valence-electron chi connectivity index (χ0n) is 16.8. The van der Waals surface area contributed by atoms with Crippen LogP contribution in [0.15, 0.2) is 36.8 Å². The Kier molecular flexibility index (Phi) is 3.96. The molecule has 1 saturated heterocycles. The molecule has 0 spiro atoms. The molecule has 1 aromatic carbocycles. The number of hydrogen-bond donors (Lipinski definition) is 1. The molecule has 2 aliphatic heterocycles. The maximum absolute atomic E-state index is 6.40. The number of hydrogen-bond acceptors (Lipinski definition) is 6. The summed E-state index contributed by atoms with van der Waals surface area (Å²) in [5.41, 5.74) is 9.22. The number of nitrogens with two attached hydrogens (primary N) is 1. The first-order chi connectivity index (χ1) is 14.4. The zero-order valence-corrected chi connectivity index (χ0v) is 17.5. The first-order valence-corrected chi connectivity index (χ1v) is 10.6. The molecular weight excluding hydrogens is 404 g/mol. The third-order valence-corrected chi connectivity index (χ3v) is 6.83. The van der Waals surface area contributed by atoms with Crippen LogP contribution in [-0.2, 0) is 20.8 Å². The van der Waals surface area contributed by atoms with Crippen molar-refractivity contribution in [2.75, 3.05) is 5.73 Å². The normalized spacial score (nSPS) is 31.9. The van der Waals surface area contributed by atoms with Crippen molar-refractivity contribution in [1.82, 2.24) is 14.5 Å². The average Bonchev–Trinajstić information content (AvgIpc) is 3.43. The van der Waals surface area contributed by atoms with E-state index in [2.05, 4.69) is 20.6 Å². The summed E-state index contributed by atoms with van der Waals surface area (Å²) in [5, 5.41) is 1.59. The van der Waals surface area contributed by atoms with Gasteiger partial charge in [-0.05, 0) is 49.6 Å². The molecule has 156 valence electrons. The Labute approximate surface area is 179 Å². The van der Waals surface area contributed by atoms with E-state index in [1.54, 1.807) is 0 Å². The maximum Gasteiger partial charge on any atom is 0.163 e. The van der Waals surface area contributed by atoms with E-state index in [-0.39, 0.29) is 30.3 Å². The lowest BCUT2D eigenvalue weighted by atomic mass is 9.91. The molecule has 7 nitrogen and oxygen atoms in total. The van der Waals surface area contributed by atoms with E-state index in [1.807, 2.05) is 38.2 Å². The fraction of sp³-hybridized carbons (Fsp3) is 0.455. The highest BCUT2D eigenvalue weighted by molar-refractivity contribution is 6.30. The summed E-state index contributed by atoms with van der Waals surface area (Å²) in [5.74, 6) is -0.00971. The minimum Gasteiger partial charge on any atom is -0.383 e. The Hall–Kier alpha value is -2.19. The molecule has 2 aromatic heterocycles. The fourth-order valence-electron chi connectivity index (χ4n) is 5.42. The lowest BCUT2D eigenvalue weighted by Crippen LogP contribution is -2.29. The second-order valence-corrected chi connectivity index (χ2v) is 9.26. The maximum atomic E-state index is 6.40. The summed E-state index contributed by atoms with van der Waals surface area (Å²) >= 11 is 6.19. The van der Waals surface area contributed by atoms with Crippen LogP contribution in [0.5, 0.6) is 0 Å². The third kappa shape index (κ3) is 2.69. The van der Waals surface area contributed by atoms with Gasteiger partial charge < -0.3 is 24.5 Å². The number of nitrogens with zero attached hydrogens (tertiary/aromatic N) is 3. The molecule has 0 radical (unpaired) electrons. The molecular formula is C22H23ClN4O3. The Morgan fingerprint density at radius 1 is 1.17 bits per heavy atom. The molecule has 1 unspecified atom stereocenters. The zero-order chi connectivity index (χ0) is 20.6. The van der Waals surface area contributed by atoms with Gasteiger partial charge in [0.1, 0.15) is 23.9 Å². The molecule has 2 N–H and O–H groups in total. The fourth-order valence-corrected chi connectivity index (χ4v) is 5.61. The van der Waals surface area contributed by atoms with Gasteiger partial charge in [-0.15, -0.1) is 0 Å². The van der Waals surface area contributed by atoms with E-state index in [1.165, 1.54) is 11.9 Å². The summed E-state index contributed by atoms with van der Waals surface area (Å²) in [7, 11) is 0. The van der Waals surface area contributed by atoms with Crippen LogP contribution in [0.3, 0.4) is 0 Å². The van der Waals surface area contributed by atoms with Crippen LogP contribution in [0, 0.1) is 5.92 Å². The molecule has 4 heterocycles. The molecule has 30 heavy (non-hydrogen) atoms. The van der Waals surface area contributed by atoms with Crippen molar-refractivity contribution in [2.24, 2.45) is 5.92 Å². The van der Waals surface area contributed by atoms with Crippen molar-refractivity contribution in [3.63, 3.8) is 0 Å². The number of ether oxygens (including phenoxy) is 3. The molecule has 0 amide bonds. The van der Waals surface area contributed by atoms with Gasteiger partial charge in [0, 0.05) is 17.1 Å². The van der Waals surface area contributed by atoms with Gasteiger partial charge in [-0.2, -0.15) is 0 Å². The number of anilines is 1. The van der Waals surface area contributed by atoms with Crippen LogP contribution >= 0.6 is 11.6 Å². The monoisotopic (exact) mass is 426 g/mol. The van der Waals surface area contributed by atoms with Crippen molar-refractivity contribution < 1.29 is 14.2 Å². The van der Waals surface area contributed by atoms with Gasteiger partial charge in [0.25, 0.3) is 0 Å². The smallest absolute Gasteiger partial charge is 0.163 e. The quantitative estimate of drug-likeness (QED) is 0.666. The number of aromatic nitrogens is 3. The molecule has 8 heteroatoms. The lowest BCUT2D eigenvalue weighted by molar-refractivity contribution is -0.166. The number of rotatable bonds is 2. The van der Waals surface area contributed by atoms with E-state index in [0.29, 0.717) is 12.4 Å². The van der Waals surface area contributed by atoms with Crippen LogP contribution in [-0.4, -0.2) is 32.5 Å². The summed E-state index contributed by atoms with van der Waals surface area (Å²) in [6.07, 6.45) is 4.16. The van der Waals surface area contributed by atoms with Gasteiger partial charge in [-0.1, -0.05) is 17.7 Å². The van der Waals surface area contributed by atoms with Crippen molar-refractivity contribution in [1.29, 1.82) is 0 Å². The molecule has 3 aromatic rings. The van der Waals surface area contributed by atoms with Crippen LogP contribution in [0.2, 0.25) is 5.02 Å². The van der Waals surface area contributed by atoms with Crippen LogP contribution in [0.4, 0.5) is 5.82 Å². The Morgan fingerprint density at radius 3 is 2.87 bits per heavy atom. The lowest BCUT2D eigenvalue weighted by Gasteiger charge is -2.27. The van der Waals surface area contributed by atoms with E-state index < -0.39 is 5.79 Å². The SMILES string of the molecule is CC1(C)O[C@@H]2[C@@H]([C@@H]3OCc4cc(Cl)ccc43)CC(n3ccc4c(N)ncnc43)[C@@H]2O1. The van der Waals surface area contributed by atoms with Gasteiger partial charge in [0.05, 0.1) is 30.2 Å². The van der Waals surface area contributed by atoms with Gasteiger partial charge in [-0.3, -0.25) is 0 Å². The Balaban J connectivity index is 1.41. The van der Waals surface area contributed by atoms with E-state index >= 15 is 0 Å². The molecule has 3 aliphatic rings. The first-order valence-electron chi connectivity index (χ1n) is 10.2. The van der Waals surface area contributed by atoms with Crippen molar-refractivity contribution in [2.45, 2.75) is 57.0 Å². The topological polar surface area (TPSA) is 84.4 Å². The summed E-state index contributed by atoms with van der Waals surface area (Å²) in [6.45, 7) is 4.51. The number of nitrogen functional groups attached to an aromatic ring is 1. The van der Waals surface area contributed by atoms with Gasteiger partial charge in [0.2, 0.25) is 0 Å². The molecule has 1 saturated carbocycles. The number of fused-ring (bicyclic) bond motifs is 3. The average molecular weight is 427 g/mol. The van der Waals surface area contributed by atoms with Gasteiger partial charge in [-0.25, -0.2) is 9.97 Å². The van der Waals surface area contributed by atoms with Gasteiger partial charge in [0.15, 0.2) is 5.79 Å². The van der Waals surface area contributed by atoms with E-state index in [0.717, 1.165) is 28.0 Å². The summed E-state index contributed by atoms with van der Waals surface area (Å²) < 4.78 is 21.2. The predicted octanol–water partition coefficient (Wildman–Crippen LogP) is 4.02. The van der Waals surface area contributed by atoms with Crippen LogP contribution in [0.1, 0.15) is 43.5 Å². The highest BCUT2D eigenvalue weighted by Crippen LogP contribution is 2.54. The Bertz CT molecular complexity index is 1150. The summed E-state index contributed by atoms with van der Waals surface area (Å²) in [6, 6.07) is 8.04. The van der Waals surface area contributed by atoms with E-state index in [9.17, 15) is 0 Å². The van der Waals surface area contributed by atoms with Crippen molar-refractivity contribution in [3.05, 3.63) is 52.9 Å². The largest absolute Gasteiger partial charge is 0.383 e. The van der Waals surface area contributed by atoms with Crippen LogP contribution in [0.25, 0.3) is 11.0 Å². The van der Waals surface area contributed by atoms with Crippen LogP contribution < -0.4 is 5.73 Å².